The zero-order chi connectivity index (χ0) is 11.6. The second-order valence-corrected chi connectivity index (χ2v) is 5.21. The number of hydrogen-bond donors (Lipinski definition) is 2. The fourth-order valence-electron chi connectivity index (χ4n) is 2.96. The Morgan fingerprint density at radius 1 is 1.31 bits per heavy atom. The SMILES string of the molecule is NCC1(C(=O)N2CCC(O)CC2)CCCC1. The third kappa shape index (κ3) is 2.09. The van der Waals surface area contributed by atoms with Gasteiger partial charge >= 0.3 is 0 Å². The van der Waals surface area contributed by atoms with E-state index in [4.69, 9.17) is 5.73 Å². The van der Waals surface area contributed by atoms with Crippen molar-refractivity contribution < 1.29 is 9.90 Å². The molecule has 1 aliphatic heterocycles. The number of aliphatic hydroxyl groups is 1. The van der Waals surface area contributed by atoms with Gasteiger partial charge in [-0.1, -0.05) is 12.8 Å². The number of hydrogen-bond acceptors (Lipinski definition) is 3. The number of aliphatic hydroxyl groups excluding tert-OH is 1. The van der Waals surface area contributed by atoms with E-state index in [1.54, 1.807) is 0 Å². The van der Waals surface area contributed by atoms with Gasteiger partial charge in [0, 0.05) is 19.6 Å². The predicted octanol–water partition coefficient (Wildman–Crippen LogP) is 0.489. The van der Waals surface area contributed by atoms with Crippen LogP contribution in [0.5, 0.6) is 0 Å². The minimum Gasteiger partial charge on any atom is -0.393 e. The van der Waals surface area contributed by atoms with Crippen molar-refractivity contribution in [2.45, 2.75) is 44.6 Å². The molecular formula is C12H22N2O2. The molecule has 16 heavy (non-hydrogen) atoms. The van der Waals surface area contributed by atoms with Crippen LogP contribution in [0.25, 0.3) is 0 Å². The highest BCUT2D eigenvalue weighted by molar-refractivity contribution is 5.83. The molecule has 92 valence electrons. The molecule has 0 spiro atoms. The smallest absolute Gasteiger partial charge is 0.230 e. The predicted molar refractivity (Wildman–Crippen MR) is 61.8 cm³/mol. The Bertz CT molecular complexity index is 254. The number of piperidine rings is 1. The molecule has 3 N–H and O–H groups in total. The first kappa shape index (κ1) is 11.9. The van der Waals surface area contributed by atoms with Crippen molar-refractivity contribution in [3.8, 4) is 0 Å². The van der Waals surface area contributed by atoms with E-state index in [-0.39, 0.29) is 17.4 Å². The van der Waals surface area contributed by atoms with E-state index in [9.17, 15) is 9.90 Å². The van der Waals surface area contributed by atoms with Crippen molar-refractivity contribution in [3.63, 3.8) is 0 Å². The number of nitrogens with zero attached hydrogens (tertiary/aromatic N) is 1. The van der Waals surface area contributed by atoms with E-state index in [1.807, 2.05) is 4.90 Å². The number of carbonyl (C=O) groups excluding carboxylic acids is 1. The first-order chi connectivity index (χ1) is 7.68. The molecule has 0 bridgehead atoms. The average molecular weight is 226 g/mol. The van der Waals surface area contributed by atoms with Gasteiger partial charge in [-0.05, 0) is 25.7 Å². The van der Waals surface area contributed by atoms with Crippen LogP contribution in [0.3, 0.4) is 0 Å². The Hall–Kier alpha value is -0.610. The lowest BCUT2D eigenvalue weighted by molar-refractivity contribution is -0.143. The van der Waals surface area contributed by atoms with E-state index >= 15 is 0 Å². The maximum Gasteiger partial charge on any atom is 0.230 e. The molecule has 1 saturated heterocycles. The molecule has 1 aliphatic carbocycles. The monoisotopic (exact) mass is 226 g/mol. The van der Waals surface area contributed by atoms with Crippen LogP contribution < -0.4 is 5.73 Å². The van der Waals surface area contributed by atoms with Crippen LogP contribution in [0.1, 0.15) is 38.5 Å². The fraction of sp³-hybridized carbons (Fsp3) is 0.917. The summed E-state index contributed by atoms with van der Waals surface area (Å²) in [6.07, 6.45) is 5.35. The standard InChI is InChI=1S/C12H22N2O2/c13-9-12(5-1-2-6-12)11(16)14-7-3-10(15)4-8-14/h10,15H,1-9,13H2. The average Bonchev–Trinajstić information content (AvgIpc) is 2.79. The highest BCUT2D eigenvalue weighted by Crippen LogP contribution is 2.39. The molecule has 1 saturated carbocycles. The van der Waals surface area contributed by atoms with Gasteiger partial charge in [0.1, 0.15) is 0 Å². The van der Waals surface area contributed by atoms with Gasteiger partial charge in [-0.25, -0.2) is 0 Å². The molecule has 0 unspecified atom stereocenters. The first-order valence-corrected chi connectivity index (χ1v) is 6.35. The summed E-state index contributed by atoms with van der Waals surface area (Å²) in [6.45, 7) is 1.87. The number of likely N-dealkylation sites (tertiary alicyclic amines) is 1. The molecule has 0 radical (unpaired) electrons. The maximum atomic E-state index is 12.4. The molecular weight excluding hydrogens is 204 g/mol. The third-order valence-corrected chi connectivity index (χ3v) is 4.16. The largest absolute Gasteiger partial charge is 0.393 e. The van der Waals surface area contributed by atoms with Crippen LogP contribution in [-0.2, 0) is 4.79 Å². The molecule has 0 aromatic rings. The second kappa shape index (κ2) is 4.72. The molecule has 2 rings (SSSR count). The molecule has 1 amide bonds. The van der Waals surface area contributed by atoms with Crippen molar-refractivity contribution in [2.75, 3.05) is 19.6 Å². The van der Waals surface area contributed by atoms with E-state index in [2.05, 4.69) is 0 Å². The van der Waals surface area contributed by atoms with E-state index < -0.39 is 0 Å². The van der Waals surface area contributed by atoms with E-state index in [0.717, 1.165) is 25.7 Å². The van der Waals surface area contributed by atoms with Crippen LogP contribution in [0, 0.1) is 5.41 Å². The van der Waals surface area contributed by atoms with Gasteiger partial charge < -0.3 is 15.7 Å². The van der Waals surface area contributed by atoms with Gasteiger partial charge in [-0.3, -0.25) is 4.79 Å². The van der Waals surface area contributed by atoms with Crippen LogP contribution in [-0.4, -0.2) is 41.7 Å². The molecule has 0 atom stereocenters. The van der Waals surface area contributed by atoms with Crippen molar-refractivity contribution in [3.05, 3.63) is 0 Å². The fourth-order valence-corrected chi connectivity index (χ4v) is 2.96. The highest BCUT2D eigenvalue weighted by atomic mass is 16.3. The van der Waals surface area contributed by atoms with Crippen molar-refractivity contribution >= 4 is 5.91 Å². The third-order valence-electron chi connectivity index (χ3n) is 4.16. The molecule has 4 nitrogen and oxygen atoms in total. The van der Waals surface area contributed by atoms with Crippen LogP contribution in [0.15, 0.2) is 0 Å². The minimum atomic E-state index is -0.276. The summed E-state index contributed by atoms with van der Waals surface area (Å²) in [5.41, 5.74) is 5.53. The Kier molecular flexibility index (Phi) is 3.50. The summed E-state index contributed by atoms with van der Waals surface area (Å²) in [4.78, 5) is 14.3. The maximum absolute atomic E-state index is 12.4. The molecule has 4 heteroatoms. The van der Waals surface area contributed by atoms with Gasteiger partial charge in [-0.2, -0.15) is 0 Å². The summed E-state index contributed by atoms with van der Waals surface area (Å²) in [5.74, 6) is 0.236. The minimum absolute atomic E-state index is 0.221. The normalized spacial score (nSPS) is 26.0. The molecule has 0 aromatic heterocycles. The van der Waals surface area contributed by atoms with E-state index in [1.165, 1.54) is 0 Å². The van der Waals surface area contributed by atoms with Crippen molar-refractivity contribution in [1.82, 2.24) is 4.90 Å². The van der Waals surface area contributed by atoms with Crippen LogP contribution in [0.4, 0.5) is 0 Å². The molecule has 1 heterocycles. The molecule has 0 aromatic carbocycles. The Morgan fingerprint density at radius 3 is 2.38 bits per heavy atom. The van der Waals surface area contributed by atoms with E-state index in [0.29, 0.717) is 32.5 Å². The summed E-state index contributed by atoms with van der Waals surface area (Å²) >= 11 is 0. The zero-order valence-corrected chi connectivity index (χ0v) is 9.82. The number of rotatable bonds is 2. The molecule has 2 fully saturated rings. The van der Waals surface area contributed by atoms with Crippen molar-refractivity contribution in [2.24, 2.45) is 11.1 Å². The van der Waals surface area contributed by atoms with Crippen LogP contribution in [0.2, 0.25) is 0 Å². The highest BCUT2D eigenvalue weighted by Gasteiger charge is 2.42. The lowest BCUT2D eigenvalue weighted by Gasteiger charge is -2.36. The quantitative estimate of drug-likeness (QED) is 0.720. The van der Waals surface area contributed by atoms with Gasteiger partial charge in [0.15, 0.2) is 0 Å². The summed E-state index contributed by atoms with van der Waals surface area (Å²) in [7, 11) is 0. The van der Waals surface area contributed by atoms with Gasteiger partial charge in [0.05, 0.1) is 11.5 Å². The molecule has 2 aliphatic rings. The topological polar surface area (TPSA) is 66.6 Å². The Morgan fingerprint density at radius 2 is 1.88 bits per heavy atom. The van der Waals surface area contributed by atoms with Gasteiger partial charge in [-0.15, -0.1) is 0 Å². The van der Waals surface area contributed by atoms with Gasteiger partial charge in [0.25, 0.3) is 0 Å². The lowest BCUT2D eigenvalue weighted by atomic mass is 9.84. The Balaban J connectivity index is 2.00. The summed E-state index contributed by atoms with van der Waals surface area (Å²) < 4.78 is 0. The lowest BCUT2D eigenvalue weighted by Crippen LogP contribution is -2.50. The first-order valence-electron chi connectivity index (χ1n) is 6.35. The second-order valence-electron chi connectivity index (χ2n) is 5.21. The Labute approximate surface area is 96.8 Å². The summed E-state index contributed by atoms with van der Waals surface area (Å²) in [5, 5.41) is 9.43. The number of nitrogens with two attached hydrogens (primary N) is 1. The van der Waals surface area contributed by atoms with Crippen molar-refractivity contribution in [1.29, 1.82) is 0 Å². The van der Waals surface area contributed by atoms with Crippen LogP contribution >= 0.6 is 0 Å². The summed E-state index contributed by atoms with van der Waals surface area (Å²) in [6, 6.07) is 0. The number of amides is 1. The van der Waals surface area contributed by atoms with Gasteiger partial charge in [0.2, 0.25) is 5.91 Å². The number of carbonyl (C=O) groups is 1. The zero-order valence-electron chi connectivity index (χ0n) is 9.82.